The highest BCUT2D eigenvalue weighted by atomic mass is 35.5. The second-order valence-electron chi connectivity index (χ2n) is 9.87. The number of hydrogen-bond donors (Lipinski definition) is 4. The van der Waals surface area contributed by atoms with E-state index < -0.39 is 23.0 Å². The van der Waals surface area contributed by atoms with Crippen molar-refractivity contribution < 1.29 is 23.8 Å². The van der Waals surface area contributed by atoms with Gasteiger partial charge in [-0.05, 0) is 63.0 Å². The largest absolute Gasteiger partial charge is 0.484 e. The molecule has 1 aromatic carbocycles. The molecule has 6 rings (SSSR count). The van der Waals surface area contributed by atoms with Gasteiger partial charge in [-0.2, -0.15) is 0 Å². The number of benzene rings is 1. The first kappa shape index (κ1) is 23.2. The van der Waals surface area contributed by atoms with Gasteiger partial charge in [0.2, 0.25) is 5.91 Å². The Kier molecular flexibility index (Phi) is 6.26. The minimum absolute atomic E-state index is 0.0138. The molecule has 3 atom stereocenters. The molecular formula is C23H29ClFN3O4S. The first-order chi connectivity index (χ1) is 15.8. The fourth-order valence-corrected chi connectivity index (χ4v) is 6.93. The highest BCUT2D eigenvalue weighted by molar-refractivity contribution is 8.00. The number of rotatable bonds is 7. The fraction of sp³-hybridized carbons (Fsp3) is 0.652. The zero-order valence-corrected chi connectivity index (χ0v) is 19.8. The van der Waals surface area contributed by atoms with Gasteiger partial charge in [-0.1, -0.05) is 11.6 Å². The van der Waals surface area contributed by atoms with Gasteiger partial charge in [0, 0.05) is 17.4 Å². The van der Waals surface area contributed by atoms with Crippen LogP contribution in [0.2, 0.25) is 5.02 Å². The Morgan fingerprint density at radius 2 is 2.00 bits per heavy atom. The molecule has 33 heavy (non-hydrogen) atoms. The molecule has 2 bridgehead atoms. The normalized spacial score (nSPS) is 35.3. The number of fused-ring (bicyclic) bond motifs is 3. The number of thioether (sulfide) groups is 1. The third-order valence-electron chi connectivity index (χ3n) is 7.53. The third kappa shape index (κ3) is 4.83. The van der Waals surface area contributed by atoms with Crippen molar-refractivity contribution >= 4 is 35.2 Å². The summed E-state index contributed by atoms with van der Waals surface area (Å²) in [6, 6.07) is 3.81. The Morgan fingerprint density at radius 1 is 1.24 bits per heavy atom. The van der Waals surface area contributed by atoms with E-state index in [0.29, 0.717) is 43.4 Å². The topological polar surface area (TPSA) is 99.7 Å². The molecule has 2 amide bonds. The van der Waals surface area contributed by atoms with Crippen LogP contribution >= 0.6 is 23.4 Å². The second-order valence-corrected chi connectivity index (χ2v) is 11.5. The molecule has 1 heterocycles. The van der Waals surface area contributed by atoms with E-state index in [2.05, 4.69) is 16.0 Å². The molecule has 1 aliphatic heterocycles. The SMILES string of the molecule is O=C(COc1ccc(Cl)c(F)c1)NC12CCC(NC(=O)C3CSC(C4CC4)N3)(CC1)CC2O. The first-order valence-corrected chi connectivity index (χ1v) is 13.0. The number of aliphatic hydroxyl groups excluding tert-OH is 1. The van der Waals surface area contributed by atoms with Crippen LogP contribution in [0.5, 0.6) is 5.75 Å². The van der Waals surface area contributed by atoms with Crippen molar-refractivity contribution in [2.24, 2.45) is 5.92 Å². The van der Waals surface area contributed by atoms with Crippen molar-refractivity contribution in [3.8, 4) is 5.75 Å². The number of amides is 2. The minimum Gasteiger partial charge on any atom is -0.484 e. The van der Waals surface area contributed by atoms with E-state index in [1.54, 1.807) is 0 Å². The molecule has 5 aliphatic rings. The van der Waals surface area contributed by atoms with Crippen LogP contribution in [0.15, 0.2) is 18.2 Å². The molecule has 5 fully saturated rings. The van der Waals surface area contributed by atoms with Gasteiger partial charge in [0.05, 0.1) is 28.1 Å². The molecular weight excluding hydrogens is 469 g/mol. The van der Waals surface area contributed by atoms with Crippen LogP contribution in [-0.2, 0) is 9.59 Å². The monoisotopic (exact) mass is 497 g/mol. The molecule has 7 nitrogen and oxygen atoms in total. The molecule has 0 aromatic heterocycles. The Bertz CT molecular complexity index is 938. The predicted octanol–water partition coefficient (Wildman–Crippen LogP) is 2.35. The number of aliphatic hydroxyl groups is 1. The maximum absolute atomic E-state index is 13.6. The maximum atomic E-state index is 13.6. The zero-order valence-electron chi connectivity index (χ0n) is 18.2. The summed E-state index contributed by atoms with van der Waals surface area (Å²) in [6.45, 7) is -0.287. The molecule has 10 heteroatoms. The molecule has 4 aliphatic carbocycles. The number of halogens is 2. The molecule has 180 valence electrons. The van der Waals surface area contributed by atoms with Crippen molar-refractivity contribution in [1.29, 1.82) is 0 Å². The van der Waals surface area contributed by atoms with Gasteiger partial charge in [-0.3, -0.25) is 14.9 Å². The zero-order chi connectivity index (χ0) is 23.2. The fourth-order valence-electron chi connectivity index (χ4n) is 5.36. The van der Waals surface area contributed by atoms with Gasteiger partial charge in [0.25, 0.3) is 5.91 Å². The van der Waals surface area contributed by atoms with Crippen molar-refractivity contribution in [1.82, 2.24) is 16.0 Å². The number of ether oxygens (including phenoxy) is 1. The van der Waals surface area contributed by atoms with Crippen LogP contribution in [-0.4, -0.2) is 57.9 Å². The van der Waals surface area contributed by atoms with Crippen molar-refractivity contribution in [2.75, 3.05) is 12.4 Å². The van der Waals surface area contributed by atoms with Crippen LogP contribution in [0.4, 0.5) is 4.39 Å². The molecule has 0 radical (unpaired) electrons. The van der Waals surface area contributed by atoms with E-state index >= 15 is 0 Å². The van der Waals surface area contributed by atoms with Crippen molar-refractivity contribution in [3.05, 3.63) is 29.0 Å². The van der Waals surface area contributed by atoms with Crippen LogP contribution in [0.1, 0.15) is 44.9 Å². The van der Waals surface area contributed by atoms with Crippen LogP contribution < -0.4 is 20.7 Å². The number of carbonyl (C=O) groups is 2. The summed E-state index contributed by atoms with van der Waals surface area (Å²) >= 11 is 7.49. The summed E-state index contributed by atoms with van der Waals surface area (Å²) in [5.41, 5.74) is -1.15. The van der Waals surface area contributed by atoms with E-state index in [0.717, 1.165) is 11.8 Å². The van der Waals surface area contributed by atoms with Gasteiger partial charge >= 0.3 is 0 Å². The lowest BCUT2D eigenvalue weighted by Crippen LogP contribution is -2.71. The third-order valence-corrected chi connectivity index (χ3v) is 9.25. The summed E-state index contributed by atoms with van der Waals surface area (Å²) in [5.74, 6) is 0.714. The average Bonchev–Trinajstić information content (AvgIpc) is 3.52. The standard InChI is InChI=1S/C23H29ClFN3O4S/c24-15-4-3-14(9-16(15)25)32-11-19(30)27-23-7-5-22(6-8-23,10-18(23)29)28-20(31)17-12-33-21(26-17)13-1-2-13/h3-4,9,13,17-18,21,26,29H,1-2,5-8,10-12H2,(H,27,30)(H,28,31). The van der Waals surface area contributed by atoms with Gasteiger partial charge in [0.1, 0.15) is 11.6 Å². The lowest BCUT2D eigenvalue weighted by Gasteiger charge is -2.56. The average molecular weight is 498 g/mol. The predicted molar refractivity (Wildman–Crippen MR) is 124 cm³/mol. The number of hydrogen-bond acceptors (Lipinski definition) is 6. The summed E-state index contributed by atoms with van der Waals surface area (Å²) in [6.07, 6.45) is 4.68. The van der Waals surface area contributed by atoms with Crippen molar-refractivity contribution in [3.63, 3.8) is 0 Å². The first-order valence-electron chi connectivity index (χ1n) is 11.5. The van der Waals surface area contributed by atoms with E-state index in [1.807, 2.05) is 11.8 Å². The van der Waals surface area contributed by atoms with Gasteiger partial charge in [0.15, 0.2) is 6.61 Å². The Hall–Kier alpha value is -1.55. The highest BCUT2D eigenvalue weighted by Crippen LogP contribution is 2.47. The van der Waals surface area contributed by atoms with E-state index in [1.165, 1.54) is 25.0 Å². The summed E-state index contributed by atoms with van der Waals surface area (Å²) in [7, 11) is 0. The number of carbonyl (C=O) groups excluding carboxylic acids is 2. The molecule has 4 saturated carbocycles. The Labute approximate surface area is 201 Å². The molecule has 1 saturated heterocycles. The van der Waals surface area contributed by atoms with Crippen molar-refractivity contribution in [2.45, 2.75) is 73.5 Å². The second kappa shape index (κ2) is 8.91. The lowest BCUT2D eigenvalue weighted by atomic mass is 9.60. The Morgan fingerprint density at radius 3 is 2.67 bits per heavy atom. The smallest absolute Gasteiger partial charge is 0.258 e. The summed E-state index contributed by atoms with van der Waals surface area (Å²) < 4.78 is 18.9. The van der Waals surface area contributed by atoms with Crippen LogP contribution in [0.3, 0.4) is 0 Å². The van der Waals surface area contributed by atoms with E-state index in [4.69, 9.17) is 16.3 Å². The lowest BCUT2D eigenvalue weighted by molar-refractivity contribution is -0.136. The van der Waals surface area contributed by atoms with Crippen LogP contribution in [0, 0.1) is 11.7 Å². The molecule has 1 aromatic rings. The molecule has 4 N–H and O–H groups in total. The quantitative estimate of drug-likeness (QED) is 0.461. The van der Waals surface area contributed by atoms with Gasteiger partial charge in [-0.25, -0.2) is 4.39 Å². The molecule has 0 spiro atoms. The van der Waals surface area contributed by atoms with Gasteiger partial charge < -0.3 is 20.5 Å². The minimum atomic E-state index is -0.762. The maximum Gasteiger partial charge on any atom is 0.258 e. The summed E-state index contributed by atoms with van der Waals surface area (Å²) in [4.78, 5) is 25.5. The number of nitrogens with one attached hydrogen (secondary N) is 3. The van der Waals surface area contributed by atoms with E-state index in [-0.39, 0.29) is 35.2 Å². The van der Waals surface area contributed by atoms with E-state index in [9.17, 15) is 19.1 Å². The molecule has 3 unspecified atom stereocenters. The highest BCUT2D eigenvalue weighted by Gasteiger charge is 2.55. The Balaban J connectivity index is 1.13. The van der Waals surface area contributed by atoms with Gasteiger partial charge in [-0.15, -0.1) is 11.8 Å². The van der Waals surface area contributed by atoms with Crippen LogP contribution in [0.25, 0.3) is 0 Å². The summed E-state index contributed by atoms with van der Waals surface area (Å²) in [5, 5.41) is 21.0.